The molecule has 0 fully saturated rings. The van der Waals surface area contributed by atoms with Crippen LogP contribution in [0.15, 0.2) is 29.2 Å². The summed E-state index contributed by atoms with van der Waals surface area (Å²) in [6.07, 6.45) is 0.650. The van der Waals surface area contributed by atoms with Gasteiger partial charge in [-0.3, -0.25) is 18.9 Å². The number of hydrogen-bond acceptors (Lipinski definition) is 8. The number of anilines is 1. The zero-order valence-electron chi connectivity index (χ0n) is 17.4. The Kier molecular flexibility index (Phi) is 8.63. The smallest absolute Gasteiger partial charge is 0.411 e. The van der Waals surface area contributed by atoms with Crippen LogP contribution in [0.4, 0.5) is 19.3 Å². The summed E-state index contributed by atoms with van der Waals surface area (Å²) in [6.45, 7) is 3.83. The third-order valence-electron chi connectivity index (χ3n) is 3.65. The van der Waals surface area contributed by atoms with E-state index in [1.54, 1.807) is 13.8 Å². The topological polar surface area (TPSA) is 101 Å². The maximum absolute atomic E-state index is 13.1. The Hall–Kier alpha value is -2.86. The number of halogens is 2. The van der Waals surface area contributed by atoms with Gasteiger partial charge in [-0.15, -0.1) is 0 Å². The molecule has 0 unspecified atom stereocenters. The number of ether oxygens (including phenoxy) is 2. The van der Waals surface area contributed by atoms with E-state index < -0.39 is 24.2 Å². The zero-order chi connectivity index (χ0) is 23.0. The van der Waals surface area contributed by atoms with Crippen molar-refractivity contribution in [2.24, 2.45) is 7.05 Å². The zero-order valence-corrected chi connectivity index (χ0v) is 18.3. The lowest BCUT2D eigenvalue weighted by molar-refractivity contribution is -0.0252. The van der Waals surface area contributed by atoms with Crippen molar-refractivity contribution in [3.8, 4) is 22.9 Å². The maximum Gasteiger partial charge on any atom is 0.411 e. The standard InChI is InChI=1S/C19H23F2N3O6S/c1-5-27-18(26)23-12-9-14(30-31-29-6-2)16(22-10-12)13-7-8-15(24(4)17(13)25)28-11-19(3,20)21/h7-10H,5-6,11H2,1-4H3,(H,23,26). The Balaban J connectivity index is 2.39. The lowest BCUT2D eigenvalue weighted by atomic mass is 10.1. The van der Waals surface area contributed by atoms with Crippen LogP contribution < -0.4 is 19.8 Å². The molecule has 0 aromatic carbocycles. The second kappa shape index (κ2) is 11.0. The van der Waals surface area contributed by atoms with E-state index in [0.717, 1.165) is 11.5 Å². The first kappa shape index (κ1) is 24.4. The minimum atomic E-state index is -3.05. The van der Waals surface area contributed by atoms with Gasteiger partial charge in [-0.25, -0.2) is 18.6 Å². The average Bonchev–Trinajstić information content (AvgIpc) is 2.69. The van der Waals surface area contributed by atoms with Gasteiger partial charge in [0, 0.05) is 20.0 Å². The molecule has 1 amide bonds. The predicted octanol–water partition coefficient (Wildman–Crippen LogP) is 4.03. The molecular formula is C19H23F2N3O6S. The van der Waals surface area contributed by atoms with Crippen LogP contribution in [-0.2, 0) is 16.0 Å². The molecule has 0 bridgehead atoms. The summed E-state index contributed by atoms with van der Waals surface area (Å²) < 4.78 is 47.7. The Morgan fingerprint density at radius 3 is 2.68 bits per heavy atom. The fraction of sp³-hybridized carbons (Fsp3) is 0.421. The maximum atomic E-state index is 13.1. The highest BCUT2D eigenvalue weighted by Gasteiger charge is 2.23. The molecule has 2 rings (SSSR count). The monoisotopic (exact) mass is 459 g/mol. The van der Waals surface area contributed by atoms with Crippen molar-refractivity contribution in [3.05, 3.63) is 34.7 Å². The number of hydrogen-bond donors (Lipinski definition) is 1. The lowest BCUT2D eigenvalue weighted by Crippen LogP contribution is -2.26. The number of nitrogens with one attached hydrogen (secondary N) is 1. The number of aromatic nitrogens is 2. The third-order valence-corrected chi connectivity index (χ3v) is 4.23. The molecular weight excluding hydrogens is 436 g/mol. The third kappa shape index (κ3) is 7.10. The number of carbonyl (C=O) groups is 1. The SMILES string of the molecule is CCOSOc1cc(NC(=O)OCC)cnc1-c1ccc(OCC(C)(F)F)n(C)c1=O. The molecule has 2 aromatic heterocycles. The summed E-state index contributed by atoms with van der Waals surface area (Å²) in [6, 6.07) is 4.23. The Morgan fingerprint density at radius 1 is 1.29 bits per heavy atom. The van der Waals surface area contributed by atoms with E-state index in [0.29, 0.717) is 18.9 Å². The molecule has 0 atom stereocenters. The number of amides is 1. The van der Waals surface area contributed by atoms with Crippen molar-refractivity contribution in [1.82, 2.24) is 9.55 Å². The van der Waals surface area contributed by atoms with Crippen LogP contribution in [-0.4, -0.2) is 41.4 Å². The van der Waals surface area contributed by atoms with Gasteiger partial charge in [0.2, 0.25) is 12.3 Å². The van der Waals surface area contributed by atoms with Crippen LogP contribution in [0.5, 0.6) is 11.6 Å². The molecule has 0 radical (unpaired) electrons. The van der Waals surface area contributed by atoms with Crippen molar-refractivity contribution < 1.29 is 31.4 Å². The predicted molar refractivity (Wildman–Crippen MR) is 112 cm³/mol. The van der Waals surface area contributed by atoms with Gasteiger partial charge >= 0.3 is 6.09 Å². The normalized spacial score (nSPS) is 11.2. The molecule has 12 heteroatoms. The van der Waals surface area contributed by atoms with Crippen LogP contribution in [0.25, 0.3) is 11.3 Å². The fourth-order valence-corrected chi connectivity index (χ4v) is 2.66. The van der Waals surface area contributed by atoms with Crippen LogP contribution in [0.3, 0.4) is 0 Å². The number of rotatable bonds is 10. The molecule has 0 spiro atoms. The van der Waals surface area contributed by atoms with E-state index in [-0.39, 0.29) is 35.2 Å². The summed E-state index contributed by atoms with van der Waals surface area (Å²) in [4.78, 5) is 28.7. The van der Waals surface area contributed by atoms with Gasteiger partial charge in [0.1, 0.15) is 5.69 Å². The van der Waals surface area contributed by atoms with Gasteiger partial charge in [-0.05, 0) is 26.0 Å². The molecule has 0 saturated carbocycles. The minimum absolute atomic E-state index is 0.0259. The summed E-state index contributed by atoms with van der Waals surface area (Å²) in [5.74, 6) is -2.93. The lowest BCUT2D eigenvalue weighted by Gasteiger charge is -2.16. The first-order chi connectivity index (χ1) is 14.7. The summed E-state index contributed by atoms with van der Waals surface area (Å²) in [5.41, 5.74) is 0.0282. The number of alkyl halides is 2. The Labute approximate surface area is 182 Å². The highest BCUT2D eigenvalue weighted by molar-refractivity contribution is 7.90. The van der Waals surface area contributed by atoms with Crippen LogP contribution in [0.2, 0.25) is 0 Å². The molecule has 0 aliphatic heterocycles. The summed E-state index contributed by atoms with van der Waals surface area (Å²) >= 11 is 0.676. The van der Waals surface area contributed by atoms with Gasteiger partial charge in [0.05, 0.1) is 30.7 Å². The quantitative estimate of drug-likeness (QED) is 0.420. The van der Waals surface area contributed by atoms with Crippen molar-refractivity contribution >= 4 is 24.1 Å². The molecule has 0 saturated heterocycles. The summed E-state index contributed by atoms with van der Waals surface area (Å²) in [7, 11) is 1.39. The fourth-order valence-electron chi connectivity index (χ4n) is 2.32. The Bertz CT molecular complexity index is 965. The minimum Gasteiger partial charge on any atom is -0.472 e. The van der Waals surface area contributed by atoms with Gasteiger partial charge in [-0.2, -0.15) is 0 Å². The van der Waals surface area contributed by atoms with E-state index in [1.807, 2.05) is 0 Å². The van der Waals surface area contributed by atoms with Crippen molar-refractivity contribution in [1.29, 1.82) is 0 Å². The number of nitrogens with zero attached hydrogens (tertiary/aromatic N) is 2. The second-order valence-electron chi connectivity index (χ2n) is 6.28. The van der Waals surface area contributed by atoms with Crippen LogP contribution >= 0.6 is 12.3 Å². The molecule has 9 nitrogen and oxygen atoms in total. The molecule has 0 aliphatic rings. The molecule has 2 heterocycles. The molecule has 2 aromatic rings. The van der Waals surface area contributed by atoms with E-state index in [9.17, 15) is 18.4 Å². The van der Waals surface area contributed by atoms with Crippen molar-refractivity contribution in [2.45, 2.75) is 26.7 Å². The highest BCUT2D eigenvalue weighted by Crippen LogP contribution is 2.32. The van der Waals surface area contributed by atoms with Crippen molar-refractivity contribution in [3.63, 3.8) is 0 Å². The van der Waals surface area contributed by atoms with Gasteiger partial charge in [0.15, 0.2) is 18.2 Å². The largest absolute Gasteiger partial charge is 0.472 e. The summed E-state index contributed by atoms with van der Waals surface area (Å²) in [5, 5.41) is 2.49. The van der Waals surface area contributed by atoms with Crippen molar-refractivity contribution in [2.75, 3.05) is 25.1 Å². The van der Waals surface area contributed by atoms with E-state index in [4.69, 9.17) is 17.8 Å². The number of carbonyl (C=O) groups excluding carboxylic acids is 1. The van der Waals surface area contributed by atoms with E-state index in [2.05, 4.69) is 10.3 Å². The average molecular weight is 459 g/mol. The van der Waals surface area contributed by atoms with Gasteiger partial charge in [-0.1, -0.05) is 0 Å². The van der Waals surface area contributed by atoms with Crippen LogP contribution in [0, 0.1) is 0 Å². The van der Waals surface area contributed by atoms with E-state index >= 15 is 0 Å². The first-order valence-corrected chi connectivity index (χ1v) is 9.94. The molecule has 0 aliphatic carbocycles. The molecule has 1 N–H and O–H groups in total. The van der Waals surface area contributed by atoms with E-state index in [1.165, 1.54) is 31.4 Å². The van der Waals surface area contributed by atoms with Gasteiger partial charge in [0.25, 0.3) is 11.5 Å². The second-order valence-corrected chi connectivity index (χ2v) is 6.82. The Morgan fingerprint density at radius 2 is 2.03 bits per heavy atom. The molecule has 31 heavy (non-hydrogen) atoms. The molecule has 170 valence electrons. The highest BCUT2D eigenvalue weighted by atomic mass is 32.2. The van der Waals surface area contributed by atoms with Gasteiger partial charge < -0.3 is 13.7 Å². The van der Waals surface area contributed by atoms with Crippen LogP contribution in [0.1, 0.15) is 20.8 Å². The first-order valence-electron chi connectivity index (χ1n) is 9.27. The number of pyridine rings is 2.